The van der Waals surface area contributed by atoms with Crippen LogP contribution < -0.4 is 5.32 Å². The number of likely N-dealkylation sites (tertiary alicyclic amines) is 2. The van der Waals surface area contributed by atoms with Gasteiger partial charge in [-0.1, -0.05) is 44.5 Å². The van der Waals surface area contributed by atoms with Crippen LogP contribution in [0.25, 0.3) is 0 Å². The number of carbonyl (C=O) groups is 3. The molecule has 248 valence electrons. The number of nitrogens with zero attached hydrogens (tertiary/aromatic N) is 3. The van der Waals surface area contributed by atoms with E-state index in [4.69, 9.17) is 11.6 Å². The van der Waals surface area contributed by atoms with E-state index in [2.05, 4.69) is 31.0 Å². The topological polar surface area (TPSA) is 69.7 Å². The van der Waals surface area contributed by atoms with E-state index >= 15 is 0 Å². The first-order chi connectivity index (χ1) is 19.8. The van der Waals surface area contributed by atoms with Crippen LogP contribution in [0, 0.1) is 11.3 Å². The number of nitrogens with one attached hydrogen (secondary N) is 1. The number of amides is 3. The summed E-state index contributed by atoms with van der Waals surface area (Å²) in [5.74, 6) is -3.59. The summed E-state index contributed by atoms with van der Waals surface area (Å²) in [5.41, 5.74) is 0.128. The molecule has 3 aliphatic rings. The second-order valence-electron chi connectivity index (χ2n) is 15.2. The molecule has 1 saturated carbocycles. The fourth-order valence-electron chi connectivity index (χ4n) is 7.46. The Morgan fingerprint density at radius 1 is 1.00 bits per heavy atom. The highest BCUT2D eigenvalue weighted by Crippen LogP contribution is 2.43. The molecule has 0 radical (unpaired) electrons. The SMILES string of the molecule is CNC(=O)[C@@H]1C[C@H](N(C(=O)C(C)(C)C)C2CCC(F)(F)CC2)C[N+]1(C)C(=O)[C@@H]1CN(C(C)(C)C)C[C@H]1c1ccc(Cl)cc1.Cl. The molecule has 2 saturated heterocycles. The lowest BCUT2D eigenvalue weighted by atomic mass is 9.86. The fourth-order valence-corrected chi connectivity index (χ4v) is 7.58. The number of halogens is 4. The summed E-state index contributed by atoms with van der Waals surface area (Å²) in [6.45, 7) is 13.4. The Morgan fingerprint density at radius 3 is 2.07 bits per heavy atom. The lowest BCUT2D eigenvalue weighted by Gasteiger charge is -2.43. The molecule has 0 bridgehead atoms. The van der Waals surface area contributed by atoms with Crippen LogP contribution in [0.2, 0.25) is 5.02 Å². The third kappa shape index (κ3) is 7.42. The lowest BCUT2D eigenvalue weighted by Crippen LogP contribution is -2.61. The summed E-state index contributed by atoms with van der Waals surface area (Å²) in [4.78, 5) is 46.4. The summed E-state index contributed by atoms with van der Waals surface area (Å²) in [5, 5.41) is 3.39. The Bertz CT molecular complexity index is 1210. The van der Waals surface area contributed by atoms with Crippen LogP contribution in [0.4, 0.5) is 8.78 Å². The van der Waals surface area contributed by atoms with Crippen molar-refractivity contribution in [3.05, 3.63) is 34.9 Å². The monoisotopic (exact) mass is 659 g/mol. The van der Waals surface area contributed by atoms with Crippen LogP contribution in [0.1, 0.15) is 85.1 Å². The first-order valence-electron chi connectivity index (χ1n) is 15.6. The van der Waals surface area contributed by atoms with E-state index in [0.717, 1.165) is 5.56 Å². The van der Waals surface area contributed by atoms with E-state index in [-0.39, 0.29) is 90.3 Å². The second-order valence-corrected chi connectivity index (χ2v) is 15.6. The highest BCUT2D eigenvalue weighted by molar-refractivity contribution is 6.30. The Morgan fingerprint density at radius 2 is 1.57 bits per heavy atom. The number of alkyl halides is 2. The molecule has 0 spiro atoms. The average Bonchev–Trinajstić information content (AvgIpc) is 3.51. The van der Waals surface area contributed by atoms with Gasteiger partial charge in [-0.3, -0.25) is 19.0 Å². The Kier molecular flexibility index (Phi) is 10.9. The van der Waals surface area contributed by atoms with Gasteiger partial charge in [-0.2, -0.15) is 0 Å². The smallest absolute Gasteiger partial charge is 0.319 e. The van der Waals surface area contributed by atoms with Gasteiger partial charge in [0.15, 0.2) is 6.04 Å². The summed E-state index contributed by atoms with van der Waals surface area (Å²) >= 11 is 6.20. The van der Waals surface area contributed by atoms with E-state index < -0.39 is 23.4 Å². The number of quaternary nitrogens is 1. The average molecular weight is 661 g/mol. The van der Waals surface area contributed by atoms with Crippen molar-refractivity contribution in [2.45, 2.75) is 109 Å². The molecule has 5 atom stereocenters. The van der Waals surface area contributed by atoms with Gasteiger partial charge in [0.25, 0.3) is 5.91 Å². The van der Waals surface area contributed by atoms with Crippen molar-refractivity contribution in [3.63, 3.8) is 0 Å². The Labute approximate surface area is 273 Å². The predicted molar refractivity (Wildman–Crippen MR) is 172 cm³/mol. The second kappa shape index (κ2) is 13.1. The van der Waals surface area contributed by atoms with Crippen LogP contribution in [-0.4, -0.2) is 95.3 Å². The minimum atomic E-state index is -2.73. The third-order valence-electron chi connectivity index (χ3n) is 10.1. The largest absolute Gasteiger partial charge is 0.354 e. The fraction of sp³-hybridized carbons (Fsp3) is 0.727. The maximum Gasteiger partial charge on any atom is 0.319 e. The highest BCUT2D eigenvalue weighted by atomic mass is 35.5. The first kappa shape index (κ1) is 36.7. The number of benzene rings is 1. The van der Waals surface area contributed by atoms with E-state index in [1.54, 1.807) is 11.9 Å². The highest BCUT2D eigenvalue weighted by Gasteiger charge is 2.59. The van der Waals surface area contributed by atoms with Gasteiger partial charge in [-0.05, 0) is 51.3 Å². The standard InChI is InChI=1S/C33H49ClF2N4O3.ClH/c1-31(2,3)30(43)39(23-13-15-33(35,36)16-14-23)24-17-27(28(41)37-7)40(8,20-24)29(42)26-19-38(32(4,5)6)18-25(26)21-9-11-22(34)12-10-21;/h9-12,23-27H,13-20H2,1-8H3;1H/p+1/t24-,25-,26+,27-,40?;/m0./s1. The molecule has 44 heavy (non-hydrogen) atoms. The molecule has 1 aliphatic carbocycles. The van der Waals surface area contributed by atoms with Crippen LogP contribution in [0.15, 0.2) is 24.3 Å². The summed E-state index contributed by atoms with van der Waals surface area (Å²) in [6.07, 6.45) is 0.175. The Hall–Kier alpha value is -1.81. The molecule has 1 unspecified atom stereocenters. The van der Waals surface area contributed by atoms with Crippen LogP contribution in [0.5, 0.6) is 0 Å². The number of hydrogen-bond acceptors (Lipinski definition) is 4. The quantitative estimate of drug-likeness (QED) is 0.401. The molecule has 3 amide bonds. The van der Waals surface area contributed by atoms with E-state index in [1.807, 2.05) is 52.1 Å². The zero-order valence-corrected chi connectivity index (χ0v) is 29.0. The minimum Gasteiger partial charge on any atom is -0.354 e. The van der Waals surface area contributed by atoms with Crippen LogP contribution in [0.3, 0.4) is 0 Å². The molecule has 1 N–H and O–H groups in total. The van der Waals surface area contributed by atoms with E-state index in [9.17, 15) is 23.2 Å². The molecule has 4 rings (SSSR count). The molecule has 2 heterocycles. The van der Waals surface area contributed by atoms with Crippen LogP contribution >= 0.6 is 24.0 Å². The zero-order valence-electron chi connectivity index (χ0n) is 27.5. The van der Waals surface area contributed by atoms with Crippen molar-refractivity contribution < 1.29 is 27.6 Å². The lowest BCUT2D eigenvalue weighted by molar-refractivity contribution is -0.840. The van der Waals surface area contributed by atoms with Crippen LogP contribution in [-0.2, 0) is 14.4 Å². The van der Waals surface area contributed by atoms with Crippen molar-refractivity contribution in [2.75, 3.05) is 33.7 Å². The summed E-state index contributed by atoms with van der Waals surface area (Å²) < 4.78 is 28.2. The number of likely N-dealkylation sites (N-methyl/N-ethyl adjacent to an activating group) is 2. The predicted octanol–water partition coefficient (Wildman–Crippen LogP) is 5.89. The molecule has 7 nitrogen and oxygen atoms in total. The molecular formula is C33H51Cl2F2N4O3+. The third-order valence-corrected chi connectivity index (χ3v) is 10.3. The molecule has 1 aromatic rings. The van der Waals surface area contributed by atoms with E-state index in [0.29, 0.717) is 24.5 Å². The van der Waals surface area contributed by atoms with E-state index in [1.165, 1.54) is 0 Å². The van der Waals surface area contributed by atoms with Gasteiger partial charge >= 0.3 is 5.91 Å². The van der Waals surface area contributed by atoms with Gasteiger partial charge in [0.05, 0.1) is 19.0 Å². The normalized spacial score (nSPS) is 29.6. The first-order valence-corrected chi connectivity index (χ1v) is 16.0. The number of hydrogen-bond donors (Lipinski definition) is 1. The Balaban J connectivity index is 0.00000529. The van der Waals surface area contributed by atoms with Gasteiger partial charge in [-0.25, -0.2) is 13.6 Å². The maximum absolute atomic E-state index is 14.9. The van der Waals surface area contributed by atoms with Gasteiger partial charge in [0.1, 0.15) is 6.54 Å². The number of carbonyl (C=O) groups excluding carboxylic acids is 3. The minimum absolute atomic E-state index is 0. The number of rotatable bonds is 5. The molecular weight excluding hydrogens is 609 g/mol. The van der Waals surface area contributed by atoms with Gasteiger partial charge in [-0.15, -0.1) is 12.4 Å². The van der Waals surface area contributed by atoms with Gasteiger partial charge in [0.2, 0.25) is 11.8 Å². The van der Waals surface area contributed by atoms with Crippen molar-refractivity contribution in [1.29, 1.82) is 0 Å². The molecule has 0 aromatic heterocycles. The van der Waals surface area contributed by atoms with Crippen molar-refractivity contribution >= 4 is 41.7 Å². The molecule has 1 aromatic carbocycles. The van der Waals surface area contributed by atoms with Crippen molar-refractivity contribution in [2.24, 2.45) is 11.3 Å². The van der Waals surface area contributed by atoms with Gasteiger partial charge < -0.3 is 10.2 Å². The molecule has 2 aliphatic heterocycles. The van der Waals surface area contributed by atoms with Gasteiger partial charge in [0, 0.05) is 67.3 Å². The zero-order chi connectivity index (χ0) is 32.1. The summed E-state index contributed by atoms with van der Waals surface area (Å²) in [7, 11) is 3.40. The molecule has 11 heteroatoms. The summed E-state index contributed by atoms with van der Waals surface area (Å²) in [6, 6.07) is 6.17. The maximum atomic E-state index is 14.9. The molecule has 3 fully saturated rings. The van der Waals surface area contributed by atoms with Crippen molar-refractivity contribution in [1.82, 2.24) is 15.1 Å². The van der Waals surface area contributed by atoms with Crippen molar-refractivity contribution in [3.8, 4) is 0 Å².